The van der Waals surface area contributed by atoms with Crippen LogP contribution < -0.4 is 0 Å². The molecule has 45 heavy (non-hydrogen) atoms. The van der Waals surface area contributed by atoms with Crippen molar-refractivity contribution in [2.24, 2.45) is 0 Å². The molecule has 4 aromatic heterocycles. The summed E-state index contributed by atoms with van der Waals surface area (Å²) in [6, 6.07) is 43.9. The first-order valence-corrected chi connectivity index (χ1v) is 15.9. The molecule has 0 saturated heterocycles. The fraction of sp³-hybridized carbons (Fsp3) is 0.0263. The lowest BCUT2D eigenvalue weighted by Gasteiger charge is -2.36. The van der Waals surface area contributed by atoms with Gasteiger partial charge in [-0.3, -0.25) is 9.08 Å². The first-order chi connectivity index (χ1) is 22.2. The van der Waals surface area contributed by atoms with Crippen LogP contribution in [0, 0.1) is 0 Å². The zero-order valence-corrected chi connectivity index (χ0v) is 25.6. The van der Waals surface area contributed by atoms with Gasteiger partial charge in [-0.25, -0.2) is 9.97 Å². The fourth-order valence-corrected chi connectivity index (χ4v) is 6.93. The molecule has 216 valence electrons. The quantitative estimate of drug-likeness (QED) is 0.167. The maximum Gasteiger partial charge on any atom is 0.141 e. The molecule has 0 N–H and O–H groups in total. The lowest BCUT2D eigenvalue weighted by atomic mass is 9.77. The van der Waals surface area contributed by atoms with Crippen LogP contribution in [0.4, 0.5) is 0 Å². The standard InChI is InChI=1S/C38H26ClN5S/c39-32-19-16-27(17-20-32)36-33(28-18-21-35-41-24-34(43(35)25-28)37-40-22-23-45-37)26-44(42-36)38(29-10-4-1-5-11-29,30-12-6-2-7-13-30)31-14-8-3-9-15-31/h1-26H. The van der Waals surface area contributed by atoms with Gasteiger partial charge in [-0.05, 0) is 41.0 Å². The lowest BCUT2D eigenvalue weighted by molar-refractivity contribution is 0.461. The number of hydrogen-bond acceptors (Lipinski definition) is 4. The highest BCUT2D eigenvalue weighted by molar-refractivity contribution is 7.13. The summed E-state index contributed by atoms with van der Waals surface area (Å²) in [7, 11) is 0. The highest BCUT2D eigenvalue weighted by atomic mass is 35.5. The summed E-state index contributed by atoms with van der Waals surface area (Å²) < 4.78 is 4.24. The van der Waals surface area contributed by atoms with Crippen molar-refractivity contribution in [1.82, 2.24) is 24.1 Å². The summed E-state index contributed by atoms with van der Waals surface area (Å²) in [5.41, 5.74) is 8.21. The SMILES string of the molecule is Clc1ccc(-c2nn(C(c3ccccc3)(c3ccccc3)c3ccccc3)cc2-c2ccc3ncc(-c4nccs4)n3c2)cc1. The summed E-state index contributed by atoms with van der Waals surface area (Å²) in [5.74, 6) is 0. The molecule has 0 fully saturated rings. The average Bonchev–Trinajstić information content (AvgIpc) is 3.88. The largest absolute Gasteiger partial charge is 0.297 e. The minimum Gasteiger partial charge on any atom is -0.297 e. The van der Waals surface area contributed by atoms with Crippen molar-refractivity contribution in [2.45, 2.75) is 5.54 Å². The fourth-order valence-electron chi connectivity index (χ4n) is 6.16. The second kappa shape index (κ2) is 11.3. The summed E-state index contributed by atoms with van der Waals surface area (Å²) in [5, 5.41) is 9.05. The maximum absolute atomic E-state index is 6.35. The van der Waals surface area contributed by atoms with E-state index in [2.05, 4.69) is 129 Å². The summed E-state index contributed by atoms with van der Waals surface area (Å²) in [4.78, 5) is 9.21. The van der Waals surface area contributed by atoms with Gasteiger partial charge in [0.25, 0.3) is 0 Å². The van der Waals surface area contributed by atoms with Gasteiger partial charge < -0.3 is 0 Å². The van der Waals surface area contributed by atoms with E-state index in [4.69, 9.17) is 16.7 Å². The molecule has 5 nitrogen and oxygen atoms in total. The van der Waals surface area contributed by atoms with Gasteiger partial charge >= 0.3 is 0 Å². The second-order valence-corrected chi connectivity index (χ2v) is 12.1. The molecule has 0 radical (unpaired) electrons. The van der Waals surface area contributed by atoms with Gasteiger partial charge in [0.1, 0.15) is 27.6 Å². The number of aromatic nitrogens is 5. The van der Waals surface area contributed by atoms with Crippen LogP contribution in [0.1, 0.15) is 16.7 Å². The molecule has 0 aliphatic rings. The van der Waals surface area contributed by atoms with Crippen LogP contribution in [-0.4, -0.2) is 24.1 Å². The van der Waals surface area contributed by atoms with E-state index >= 15 is 0 Å². The van der Waals surface area contributed by atoms with Crippen molar-refractivity contribution in [2.75, 3.05) is 0 Å². The van der Waals surface area contributed by atoms with E-state index in [-0.39, 0.29) is 0 Å². The van der Waals surface area contributed by atoms with E-state index in [0.29, 0.717) is 5.02 Å². The molecule has 0 bridgehead atoms. The Labute approximate surface area is 269 Å². The predicted octanol–water partition coefficient (Wildman–Crippen LogP) is 9.48. The predicted molar refractivity (Wildman–Crippen MR) is 183 cm³/mol. The third kappa shape index (κ3) is 4.67. The topological polar surface area (TPSA) is 48.0 Å². The molecule has 8 aromatic rings. The Balaban J connectivity index is 1.44. The van der Waals surface area contributed by atoms with Crippen LogP contribution in [0.3, 0.4) is 0 Å². The van der Waals surface area contributed by atoms with Crippen molar-refractivity contribution in [3.05, 3.63) is 179 Å². The Bertz CT molecular complexity index is 2110. The molecular weight excluding hydrogens is 594 g/mol. The maximum atomic E-state index is 6.35. The van der Waals surface area contributed by atoms with Gasteiger partial charge in [-0.15, -0.1) is 11.3 Å². The number of fused-ring (bicyclic) bond motifs is 1. The van der Waals surface area contributed by atoms with Gasteiger partial charge in [0.2, 0.25) is 0 Å². The van der Waals surface area contributed by atoms with E-state index in [1.165, 1.54) is 0 Å². The number of nitrogens with zero attached hydrogens (tertiary/aromatic N) is 5. The normalized spacial score (nSPS) is 11.7. The van der Waals surface area contributed by atoms with Gasteiger partial charge in [-0.2, -0.15) is 5.10 Å². The molecule has 0 atom stereocenters. The molecule has 0 unspecified atom stereocenters. The van der Waals surface area contributed by atoms with Crippen LogP contribution >= 0.6 is 22.9 Å². The van der Waals surface area contributed by atoms with Crippen molar-refractivity contribution in [3.8, 4) is 33.1 Å². The second-order valence-electron chi connectivity index (χ2n) is 10.8. The van der Waals surface area contributed by atoms with Gasteiger partial charge in [0.15, 0.2) is 0 Å². The van der Waals surface area contributed by atoms with Gasteiger partial charge in [0.05, 0.1) is 6.20 Å². The molecule has 0 spiro atoms. The van der Waals surface area contributed by atoms with Crippen LogP contribution in [-0.2, 0) is 5.54 Å². The number of pyridine rings is 1. The zero-order chi connectivity index (χ0) is 30.2. The molecule has 0 saturated carbocycles. The van der Waals surface area contributed by atoms with Crippen LogP contribution in [0.2, 0.25) is 5.02 Å². The minimum atomic E-state index is -0.756. The van der Waals surface area contributed by atoms with Crippen molar-refractivity contribution < 1.29 is 0 Å². The first kappa shape index (κ1) is 27.3. The van der Waals surface area contributed by atoms with Crippen LogP contribution in [0.5, 0.6) is 0 Å². The molecular formula is C38H26ClN5S. The average molecular weight is 620 g/mol. The Morgan fingerprint density at radius 2 is 1.22 bits per heavy atom. The summed E-state index contributed by atoms with van der Waals surface area (Å²) in [6.07, 6.45) is 8.02. The third-order valence-corrected chi connectivity index (χ3v) is 9.27. The van der Waals surface area contributed by atoms with Crippen LogP contribution in [0.15, 0.2) is 158 Å². The smallest absolute Gasteiger partial charge is 0.141 e. The highest BCUT2D eigenvalue weighted by Gasteiger charge is 2.40. The first-order valence-electron chi connectivity index (χ1n) is 14.6. The number of hydrogen-bond donors (Lipinski definition) is 0. The Hall–Kier alpha value is -5.30. The Morgan fingerprint density at radius 3 is 1.80 bits per heavy atom. The molecule has 0 aliphatic heterocycles. The monoisotopic (exact) mass is 619 g/mol. The molecule has 0 aliphatic carbocycles. The van der Waals surface area contributed by atoms with E-state index in [1.807, 2.05) is 48.1 Å². The van der Waals surface area contributed by atoms with Crippen molar-refractivity contribution >= 4 is 28.6 Å². The molecule has 8 rings (SSSR count). The van der Waals surface area contributed by atoms with E-state index < -0.39 is 5.54 Å². The summed E-state index contributed by atoms with van der Waals surface area (Å²) in [6.45, 7) is 0. The van der Waals surface area contributed by atoms with Crippen LogP contribution in [0.25, 0.3) is 38.7 Å². The number of benzene rings is 4. The number of imidazole rings is 1. The van der Waals surface area contributed by atoms with Gasteiger partial charge in [0, 0.05) is 45.7 Å². The van der Waals surface area contributed by atoms with E-state index in [1.54, 1.807) is 11.3 Å². The van der Waals surface area contributed by atoms with Crippen molar-refractivity contribution in [1.29, 1.82) is 0 Å². The molecule has 0 amide bonds. The Morgan fingerprint density at radius 1 is 0.622 bits per heavy atom. The molecule has 7 heteroatoms. The number of halogens is 1. The Kier molecular flexibility index (Phi) is 6.86. The van der Waals surface area contributed by atoms with Crippen molar-refractivity contribution in [3.63, 3.8) is 0 Å². The number of rotatable bonds is 7. The van der Waals surface area contributed by atoms with E-state index in [9.17, 15) is 0 Å². The lowest BCUT2D eigenvalue weighted by Crippen LogP contribution is -2.38. The van der Waals surface area contributed by atoms with E-state index in [0.717, 1.165) is 55.4 Å². The highest BCUT2D eigenvalue weighted by Crippen LogP contribution is 2.43. The van der Waals surface area contributed by atoms with Gasteiger partial charge in [-0.1, -0.05) is 115 Å². The third-order valence-electron chi connectivity index (χ3n) is 8.22. The molecule has 4 heterocycles. The summed E-state index contributed by atoms with van der Waals surface area (Å²) >= 11 is 7.95. The molecule has 4 aromatic carbocycles. The minimum absolute atomic E-state index is 0.680. The zero-order valence-electron chi connectivity index (χ0n) is 24.0. The number of thiazole rings is 1.